The molecule has 5 nitrogen and oxygen atoms in total. The third-order valence-electron chi connectivity index (χ3n) is 6.00. The molecule has 2 atom stereocenters. The predicted octanol–water partition coefficient (Wildman–Crippen LogP) is 4.53. The van der Waals surface area contributed by atoms with Crippen molar-refractivity contribution in [2.75, 3.05) is 20.2 Å². The van der Waals surface area contributed by atoms with Gasteiger partial charge in [-0.15, -0.1) is 0 Å². The number of halogens is 2. The van der Waals surface area contributed by atoms with E-state index in [1.54, 1.807) is 17.9 Å². The van der Waals surface area contributed by atoms with Gasteiger partial charge >= 0.3 is 11.9 Å². The number of Topliss-reactive ketones (excluding diaryl/α,β-unsaturated/α-hetero) is 1. The highest BCUT2D eigenvalue weighted by molar-refractivity contribution is 5.88. The van der Waals surface area contributed by atoms with Gasteiger partial charge in [-0.1, -0.05) is 54.5 Å². The van der Waals surface area contributed by atoms with Gasteiger partial charge in [0.15, 0.2) is 0 Å². The Morgan fingerprint density at radius 1 is 1.26 bits per heavy atom. The number of likely N-dealkylation sites (tertiary alicyclic amines) is 1. The van der Waals surface area contributed by atoms with Crippen molar-refractivity contribution >= 4 is 11.8 Å². The molecule has 186 valence electrons. The van der Waals surface area contributed by atoms with Gasteiger partial charge in [-0.2, -0.15) is 8.78 Å². The Labute approximate surface area is 201 Å². The van der Waals surface area contributed by atoms with Gasteiger partial charge in [0.05, 0.1) is 19.8 Å². The lowest BCUT2D eigenvalue weighted by atomic mass is 9.91. The third kappa shape index (κ3) is 9.36. The standard InChI is InChI=1S/C27H35F2NO4/c1-21(18-23(31)15-10-9-14-22-12-6-5-7-13-22)24-19-27(28,29)25(32)20-30(24)17-11-4-3-8-16-26(33)34-2/h5-7,12-13,18,23-24,31H,3-4,8,10-11,15-17,19-20H2,1-2H3/b21-18-. The maximum absolute atomic E-state index is 14.2. The first-order chi connectivity index (χ1) is 16.2. The van der Waals surface area contributed by atoms with Gasteiger partial charge in [0.1, 0.15) is 0 Å². The summed E-state index contributed by atoms with van der Waals surface area (Å²) in [6.45, 7) is 1.94. The second kappa shape index (κ2) is 14.0. The quantitative estimate of drug-likeness (QED) is 0.221. The van der Waals surface area contributed by atoms with Crippen molar-refractivity contribution in [1.29, 1.82) is 0 Å². The third-order valence-corrected chi connectivity index (χ3v) is 6.00. The monoisotopic (exact) mass is 475 g/mol. The number of hydrogen-bond acceptors (Lipinski definition) is 5. The minimum atomic E-state index is -3.36. The lowest BCUT2D eigenvalue weighted by molar-refractivity contribution is -0.154. The van der Waals surface area contributed by atoms with E-state index in [9.17, 15) is 23.5 Å². The van der Waals surface area contributed by atoms with E-state index in [0.29, 0.717) is 37.8 Å². The summed E-state index contributed by atoms with van der Waals surface area (Å²) in [4.78, 5) is 24.9. The molecule has 0 aromatic heterocycles. The van der Waals surface area contributed by atoms with Gasteiger partial charge in [-0.05, 0) is 44.9 Å². The number of aliphatic hydroxyl groups is 1. The number of carbonyl (C=O) groups excluding carboxylic acids is 2. The van der Waals surface area contributed by atoms with Gasteiger partial charge in [0, 0.05) is 30.9 Å². The molecular weight excluding hydrogens is 440 g/mol. The van der Waals surface area contributed by atoms with Crippen LogP contribution in [-0.2, 0) is 14.3 Å². The molecule has 0 radical (unpaired) electrons. The van der Waals surface area contributed by atoms with Gasteiger partial charge in [0.25, 0.3) is 0 Å². The number of unbranched alkanes of at least 4 members (excludes halogenated alkanes) is 3. The second-order valence-electron chi connectivity index (χ2n) is 8.74. The predicted molar refractivity (Wildman–Crippen MR) is 127 cm³/mol. The van der Waals surface area contributed by atoms with E-state index < -0.39 is 30.3 Å². The van der Waals surface area contributed by atoms with E-state index in [1.165, 1.54) is 7.11 Å². The lowest BCUT2D eigenvalue weighted by Crippen LogP contribution is -2.54. The van der Waals surface area contributed by atoms with Gasteiger partial charge < -0.3 is 9.84 Å². The zero-order valence-electron chi connectivity index (χ0n) is 20.1. The van der Waals surface area contributed by atoms with Crippen molar-refractivity contribution < 1.29 is 28.2 Å². The molecule has 0 aliphatic carbocycles. The molecule has 1 aliphatic rings. The molecule has 7 heteroatoms. The fourth-order valence-electron chi connectivity index (χ4n) is 4.02. The van der Waals surface area contributed by atoms with E-state index in [4.69, 9.17) is 0 Å². The Morgan fingerprint density at radius 2 is 1.97 bits per heavy atom. The van der Waals surface area contributed by atoms with Crippen molar-refractivity contribution in [1.82, 2.24) is 4.90 Å². The highest BCUT2D eigenvalue weighted by atomic mass is 19.3. The van der Waals surface area contributed by atoms with Gasteiger partial charge in [0.2, 0.25) is 5.78 Å². The van der Waals surface area contributed by atoms with Crippen LogP contribution in [0.2, 0.25) is 0 Å². The summed E-state index contributed by atoms with van der Waals surface area (Å²) in [5.74, 6) is 1.40. The number of ketones is 1. The molecule has 2 unspecified atom stereocenters. The van der Waals surface area contributed by atoms with E-state index in [-0.39, 0.29) is 12.5 Å². The lowest BCUT2D eigenvalue weighted by Gasteiger charge is -2.39. The molecule has 0 bridgehead atoms. The van der Waals surface area contributed by atoms with Gasteiger partial charge in [-0.25, -0.2) is 0 Å². The first-order valence-corrected chi connectivity index (χ1v) is 11.8. The summed E-state index contributed by atoms with van der Waals surface area (Å²) in [5, 5.41) is 10.4. The van der Waals surface area contributed by atoms with Crippen LogP contribution in [0.15, 0.2) is 42.0 Å². The Hall–Kier alpha value is -2.56. The number of hydrogen-bond donors (Lipinski definition) is 1. The molecular formula is C27H35F2NO4. The number of aliphatic hydroxyl groups excluding tert-OH is 1. The minimum absolute atomic E-state index is 0.241. The fraction of sp³-hybridized carbons (Fsp3) is 0.556. The molecule has 1 aromatic rings. The average molecular weight is 476 g/mol. The molecule has 0 spiro atoms. The largest absolute Gasteiger partial charge is 0.469 e. The molecule has 1 aliphatic heterocycles. The number of esters is 1. The number of ether oxygens (including phenoxy) is 1. The SMILES string of the molecule is COC(=O)CCCCCCN1CC(=O)C(F)(F)CC1/C(C)=C\C(O)CCC#Cc1ccccc1. The molecule has 1 N–H and O–H groups in total. The summed E-state index contributed by atoms with van der Waals surface area (Å²) < 4.78 is 33.0. The maximum atomic E-state index is 14.2. The molecule has 2 rings (SSSR count). The van der Waals surface area contributed by atoms with Crippen LogP contribution in [0.25, 0.3) is 0 Å². The van der Waals surface area contributed by atoms with Crippen LogP contribution >= 0.6 is 0 Å². The van der Waals surface area contributed by atoms with Gasteiger partial charge in [-0.3, -0.25) is 14.5 Å². The Bertz CT molecular complexity index is 889. The first-order valence-electron chi connectivity index (χ1n) is 11.8. The number of methoxy groups -OCH3 is 1. The van der Waals surface area contributed by atoms with Crippen LogP contribution in [-0.4, -0.2) is 60.0 Å². The number of alkyl halides is 2. The average Bonchev–Trinajstić information content (AvgIpc) is 2.81. The molecule has 0 amide bonds. The Balaban J connectivity index is 1.90. The van der Waals surface area contributed by atoms with Crippen molar-refractivity contribution in [3.05, 3.63) is 47.5 Å². The van der Waals surface area contributed by atoms with Crippen LogP contribution < -0.4 is 0 Å². The number of piperidine rings is 1. The van der Waals surface area contributed by atoms with E-state index in [1.807, 2.05) is 30.3 Å². The van der Waals surface area contributed by atoms with Crippen molar-refractivity contribution in [2.45, 2.75) is 76.4 Å². The van der Waals surface area contributed by atoms with E-state index in [2.05, 4.69) is 16.6 Å². The van der Waals surface area contributed by atoms with Crippen LogP contribution in [0.3, 0.4) is 0 Å². The van der Waals surface area contributed by atoms with Crippen LogP contribution in [0.1, 0.15) is 63.9 Å². The smallest absolute Gasteiger partial charge is 0.308 e. The summed E-state index contributed by atoms with van der Waals surface area (Å²) in [6.07, 6.45) is 4.60. The Kier molecular flexibility index (Phi) is 11.4. The molecule has 0 saturated carbocycles. The molecule has 1 fully saturated rings. The zero-order chi connectivity index (χ0) is 25.0. The Morgan fingerprint density at radius 3 is 2.68 bits per heavy atom. The van der Waals surface area contributed by atoms with E-state index >= 15 is 0 Å². The van der Waals surface area contributed by atoms with Crippen molar-refractivity contribution in [3.63, 3.8) is 0 Å². The van der Waals surface area contributed by atoms with Crippen LogP contribution in [0, 0.1) is 11.8 Å². The fourth-order valence-corrected chi connectivity index (χ4v) is 4.02. The summed E-state index contributed by atoms with van der Waals surface area (Å²) in [7, 11) is 1.36. The van der Waals surface area contributed by atoms with Crippen LogP contribution in [0.5, 0.6) is 0 Å². The minimum Gasteiger partial charge on any atom is -0.469 e. The molecule has 1 heterocycles. The number of rotatable bonds is 11. The maximum Gasteiger partial charge on any atom is 0.308 e. The topological polar surface area (TPSA) is 66.8 Å². The molecule has 34 heavy (non-hydrogen) atoms. The van der Waals surface area contributed by atoms with E-state index in [0.717, 1.165) is 24.8 Å². The molecule has 1 saturated heterocycles. The van der Waals surface area contributed by atoms with Crippen LogP contribution in [0.4, 0.5) is 8.78 Å². The highest BCUT2D eigenvalue weighted by Crippen LogP contribution is 2.33. The number of carbonyl (C=O) groups is 2. The summed E-state index contributed by atoms with van der Waals surface area (Å²) >= 11 is 0. The first kappa shape index (κ1) is 27.7. The summed E-state index contributed by atoms with van der Waals surface area (Å²) in [5.41, 5.74) is 1.54. The highest BCUT2D eigenvalue weighted by Gasteiger charge is 2.47. The number of benzene rings is 1. The second-order valence-corrected chi connectivity index (χ2v) is 8.74. The molecule has 1 aromatic carbocycles. The van der Waals surface area contributed by atoms with Crippen molar-refractivity contribution in [2.24, 2.45) is 0 Å². The normalized spacial score (nSPS) is 19.3. The zero-order valence-corrected chi connectivity index (χ0v) is 20.1. The summed E-state index contributed by atoms with van der Waals surface area (Å²) in [6, 6.07) is 8.94. The number of nitrogens with zero attached hydrogens (tertiary/aromatic N) is 1. The van der Waals surface area contributed by atoms with Crippen molar-refractivity contribution in [3.8, 4) is 11.8 Å².